The number of halogens is 1. The lowest BCUT2D eigenvalue weighted by Gasteiger charge is -2.04. The van der Waals surface area contributed by atoms with Gasteiger partial charge in [0, 0.05) is 11.9 Å². The first-order chi connectivity index (χ1) is 7.58. The van der Waals surface area contributed by atoms with Gasteiger partial charge in [-0.3, -0.25) is 0 Å². The Bertz CT molecular complexity index is 549. The Morgan fingerprint density at radius 1 is 1.50 bits per heavy atom. The Labute approximate surface area is 97.1 Å². The number of aromatic nitrogens is 2. The van der Waals surface area contributed by atoms with Crippen LogP contribution < -0.4 is 0 Å². The Kier molecular flexibility index (Phi) is 2.66. The number of nitrogens with zero attached hydrogens (tertiary/aromatic N) is 2. The van der Waals surface area contributed by atoms with Crippen LogP contribution in [0.4, 0.5) is 0 Å². The number of hydrogen-bond donors (Lipinski definition) is 1. The monoisotopic (exact) mass is 236 g/mol. The van der Waals surface area contributed by atoms with Gasteiger partial charge in [-0.05, 0) is 25.1 Å². The largest absolute Gasteiger partial charge is 0.478 e. The van der Waals surface area contributed by atoms with Crippen molar-refractivity contribution in [2.24, 2.45) is 0 Å². The van der Waals surface area contributed by atoms with Gasteiger partial charge in [0.15, 0.2) is 0 Å². The number of aryl methyl sites for hydroxylation is 1. The lowest BCUT2D eigenvalue weighted by atomic mass is 10.2. The number of imidazole rings is 1. The zero-order valence-electron chi connectivity index (χ0n) is 8.51. The number of hydrogen-bond acceptors (Lipinski definition) is 2. The van der Waals surface area contributed by atoms with Crippen molar-refractivity contribution < 1.29 is 9.90 Å². The predicted molar refractivity (Wildman–Crippen MR) is 60.3 cm³/mol. The number of aromatic carboxylic acids is 1. The summed E-state index contributed by atoms with van der Waals surface area (Å²) in [5.41, 5.74) is 1.77. The van der Waals surface area contributed by atoms with Gasteiger partial charge in [-0.2, -0.15) is 0 Å². The maximum Gasteiger partial charge on any atom is 0.337 e. The van der Waals surface area contributed by atoms with Crippen LogP contribution in [-0.4, -0.2) is 20.6 Å². The van der Waals surface area contributed by atoms with Gasteiger partial charge in [-0.1, -0.05) is 11.6 Å². The standard InChI is InChI=1S/C11H9ClN2O2/c1-7-5-14(6-13-7)8-2-3-9(11(15)16)10(12)4-8/h2-6H,1H3,(H,15,16). The second-order valence-corrected chi connectivity index (χ2v) is 3.80. The third-order valence-electron chi connectivity index (χ3n) is 2.19. The Morgan fingerprint density at radius 2 is 2.25 bits per heavy atom. The topological polar surface area (TPSA) is 55.1 Å². The van der Waals surface area contributed by atoms with Crippen LogP contribution in [-0.2, 0) is 0 Å². The van der Waals surface area contributed by atoms with Gasteiger partial charge in [0.2, 0.25) is 0 Å². The minimum absolute atomic E-state index is 0.0993. The maximum atomic E-state index is 10.8. The van der Waals surface area contributed by atoms with Gasteiger partial charge < -0.3 is 9.67 Å². The van der Waals surface area contributed by atoms with Gasteiger partial charge in [-0.25, -0.2) is 9.78 Å². The van der Waals surface area contributed by atoms with Crippen LogP contribution in [0.5, 0.6) is 0 Å². The SMILES string of the molecule is Cc1cn(-c2ccc(C(=O)O)c(Cl)c2)cn1. The second kappa shape index (κ2) is 3.98. The first kappa shape index (κ1) is 10.7. The van der Waals surface area contributed by atoms with Crippen molar-refractivity contribution in [2.75, 3.05) is 0 Å². The molecule has 0 aliphatic rings. The molecule has 0 bridgehead atoms. The molecule has 82 valence electrons. The van der Waals surface area contributed by atoms with E-state index in [1.807, 2.05) is 13.1 Å². The van der Waals surface area contributed by atoms with Gasteiger partial charge in [0.1, 0.15) is 0 Å². The van der Waals surface area contributed by atoms with Crippen LogP contribution in [0.1, 0.15) is 16.1 Å². The highest BCUT2D eigenvalue weighted by Crippen LogP contribution is 2.20. The van der Waals surface area contributed by atoms with Crippen LogP contribution in [0.2, 0.25) is 5.02 Å². The predicted octanol–water partition coefficient (Wildman–Crippen LogP) is 2.53. The number of rotatable bonds is 2. The molecule has 1 N–H and O–H groups in total. The number of benzene rings is 1. The van der Waals surface area contributed by atoms with Crippen molar-refractivity contribution in [1.82, 2.24) is 9.55 Å². The summed E-state index contributed by atoms with van der Waals surface area (Å²) < 4.78 is 1.78. The quantitative estimate of drug-likeness (QED) is 0.872. The fourth-order valence-corrected chi connectivity index (χ4v) is 1.66. The summed E-state index contributed by atoms with van der Waals surface area (Å²) in [5.74, 6) is -1.03. The Hall–Kier alpha value is -1.81. The second-order valence-electron chi connectivity index (χ2n) is 3.39. The van der Waals surface area contributed by atoms with Crippen molar-refractivity contribution in [2.45, 2.75) is 6.92 Å². The molecule has 0 saturated heterocycles. The van der Waals surface area contributed by atoms with Crippen LogP contribution in [0.15, 0.2) is 30.7 Å². The molecule has 2 aromatic rings. The highest BCUT2D eigenvalue weighted by molar-refractivity contribution is 6.33. The van der Waals surface area contributed by atoms with E-state index in [1.54, 1.807) is 23.0 Å². The molecule has 0 spiro atoms. The van der Waals surface area contributed by atoms with E-state index in [2.05, 4.69) is 4.98 Å². The molecule has 0 amide bonds. The molecule has 2 rings (SSSR count). The van der Waals surface area contributed by atoms with Crippen LogP contribution in [0.25, 0.3) is 5.69 Å². The van der Waals surface area contributed by atoms with Gasteiger partial charge in [-0.15, -0.1) is 0 Å². The summed E-state index contributed by atoms with van der Waals surface area (Å²) in [6.07, 6.45) is 3.49. The van der Waals surface area contributed by atoms with E-state index in [1.165, 1.54) is 6.07 Å². The summed E-state index contributed by atoms with van der Waals surface area (Å²) in [6.45, 7) is 1.88. The van der Waals surface area contributed by atoms with E-state index in [0.29, 0.717) is 0 Å². The molecule has 0 fully saturated rings. The summed E-state index contributed by atoms with van der Waals surface area (Å²) in [7, 11) is 0. The average Bonchev–Trinajstić information content (AvgIpc) is 2.64. The van der Waals surface area contributed by atoms with Crippen LogP contribution >= 0.6 is 11.6 Å². The van der Waals surface area contributed by atoms with E-state index in [9.17, 15) is 4.79 Å². The fraction of sp³-hybridized carbons (Fsp3) is 0.0909. The summed E-state index contributed by atoms with van der Waals surface area (Å²) >= 11 is 5.87. The summed E-state index contributed by atoms with van der Waals surface area (Å²) in [5, 5.41) is 9.05. The van der Waals surface area contributed by atoms with E-state index < -0.39 is 5.97 Å². The van der Waals surface area contributed by atoms with E-state index >= 15 is 0 Å². The zero-order chi connectivity index (χ0) is 11.7. The molecule has 1 heterocycles. The van der Waals surface area contributed by atoms with Crippen molar-refractivity contribution in [1.29, 1.82) is 0 Å². The van der Waals surface area contributed by atoms with Crippen LogP contribution in [0, 0.1) is 6.92 Å². The van der Waals surface area contributed by atoms with Crippen molar-refractivity contribution in [3.8, 4) is 5.69 Å². The molecular weight excluding hydrogens is 228 g/mol. The normalized spacial score (nSPS) is 10.4. The maximum absolute atomic E-state index is 10.8. The molecule has 0 atom stereocenters. The third-order valence-corrected chi connectivity index (χ3v) is 2.51. The first-order valence-electron chi connectivity index (χ1n) is 4.62. The smallest absolute Gasteiger partial charge is 0.337 e. The summed E-state index contributed by atoms with van der Waals surface area (Å²) in [4.78, 5) is 14.9. The van der Waals surface area contributed by atoms with E-state index in [-0.39, 0.29) is 10.6 Å². The van der Waals surface area contributed by atoms with E-state index in [4.69, 9.17) is 16.7 Å². The highest BCUT2D eigenvalue weighted by atomic mass is 35.5. The molecule has 0 radical (unpaired) electrons. The minimum Gasteiger partial charge on any atom is -0.478 e. The van der Waals surface area contributed by atoms with Gasteiger partial charge >= 0.3 is 5.97 Å². The zero-order valence-corrected chi connectivity index (χ0v) is 9.27. The molecule has 0 aliphatic heterocycles. The highest BCUT2D eigenvalue weighted by Gasteiger charge is 2.09. The van der Waals surface area contributed by atoms with Crippen LogP contribution in [0.3, 0.4) is 0 Å². The molecule has 0 unspecified atom stereocenters. The molecule has 0 saturated carbocycles. The summed E-state index contributed by atoms with van der Waals surface area (Å²) in [6, 6.07) is 4.78. The van der Waals surface area contributed by atoms with Crippen molar-refractivity contribution >= 4 is 17.6 Å². The first-order valence-corrected chi connectivity index (χ1v) is 4.99. The number of carboxylic acids is 1. The molecule has 1 aromatic heterocycles. The van der Waals surface area contributed by atoms with Crippen molar-refractivity contribution in [3.63, 3.8) is 0 Å². The van der Waals surface area contributed by atoms with Crippen molar-refractivity contribution in [3.05, 3.63) is 47.0 Å². The lowest BCUT2D eigenvalue weighted by Crippen LogP contribution is -1.99. The van der Waals surface area contributed by atoms with Gasteiger partial charge in [0.25, 0.3) is 0 Å². The molecule has 4 nitrogen and oxygen atoms in total. The third kappa shape index (κ3) is 1.92. The minimum atomic E-state index is -1.03. The van der Waals surface area contributed by atoms with E-state index in [0.717, 1.165) is 11.4 Å². The fourth-order valence-electron chi connectivity index (χ4n) is 1.40. The Morgan fingerprint density at radius 3 is 2.75 bits per heavy atom. The average molecular weight is 237 g/mol. The van der Waals surface area contributed by atoms with Gasteiger partial charge in [0.05, 0.1) is 22.6 Å². The molecule has 0 aliphatic carbocycles. The molecular formula is C11H9ClN2O2. The molecule has 5 heteroatoms. The molecule has 1 aromatic carbocycles. The lowest BCUT2D eigenvalue weighted by molar-refractivity contribution is 0.0697. The Balaban J connectivity index is 2.45. The number of carboxylic acid groups (broad SMARTS) is 1. The molecule has 16 heavy (non-hydrogen) atoms. The number of carbonyl (C=O) groups is 1.